The quantitative estimate of drug-likeness (QED) is 0.724. The van der Waals surface area contributed by atoms with Gasteiger partial charge in [0, 0.05) is 21.1 Å². The number of hydrogen-bond acceptors (Lipinski definition) is 1. The van der Waals surface area contributed by atoms with Gasteiger partial charge in [0.2, 0.25) is 0 Å². The minimum absolute atomic E-state index is 0. The van der Waals surface area contributed by atoms with Gasteiger partial charge in [0.15, 0.2) is 0 Å². The first-order valence-electron chi connectivity index (χ1n) is 4.86. The fourth-order valence-electron chi connectivity index (χ4n) is 1.48. The zero-order chi connectivity index (χ0) is 10.7. The maximum absolute atomic E-state index is 5.11. The molecule has 0 aliphatic rings. The van der Waals surface area contributed by atoms with E-state index < -0.39 is 0 Å². The molecule has 16 heavy (non-hydrogen) atoms. The second-order valence-electron chi connectivity index (χ2n) is 3.43. The molecule has 0 spiro atoms. The van der Waals surface area contributed by atoms with Gasteiger partial charge in [0.25, 0.3) is 0 Å². The molecule has 2 aromatic rings. The van der Waals surface area contributed by atoms with Crippen LogP contribution in [-0.4, -0.2) is 7.11 Å². The standard InChI is InChI=1S/C14H13O.W/c1-11-3-5-12(6-4-11)13-7-9-14(15-2)10-8-13;/h3-10H,1H2,2H3;/q-1;. The fraction of sp³-hybridized carbons (Fsp3) is 0.0714. The minimum atomic E-state index is 0. The Hall–Kier alpha value is -1.20. The van der Waals surface area contributed by atoms with Crippen molar-refractivity contribution < 1.29 is 25.8 Å². The summed E-state index contributed by atoms with van der Waals surface area (Å²) in [6, 6.07) is 16.2. The van der Waals surface area contributed by atoms with Crippen LogP contribution in [0.3, 0.4) is 0 Å². The Morgan fingerprint density at radius 3 is 1.69 bits per heavy atom. The van der Waals surface area contributed by atoms with Crippen molar-refractivity contribution >= 4 is 0 Å². The number of rotatable bonds is 2. The molecule has 0 N–H and O–H groups in total. The summed E-state index contributed by atoms with van der Waals surface area (Å²) in [6.45, 7) is 3.86. The largest absolute Gasteiger partial charge is 0.497 e. The third-order valence-corrected chi connectivity index (χ3v) is 2.38. The summed E-state index contributed by atoms with van der Waals surface area (Å²) in [5, 5.41) is 0. The first-order valence-corrected chi connectivity index (χ1v) is 4.86. The van der Waals surface area contributed by atoms with Crippen molar-refractivity contribution in [3.8, 4) is 16.9 Å². The maximum atomic E-state index is 5.11. The first kappa shape index (κ1) is 12.9. The number of methoxy groups -OCH3 is 1. The van der Waals surface area contributed by atoms with Crippen LogP contribution in [0.15, 0.2) is 48.5 Å². The summed E-state index contributed by atoms with van der Waals surface area (Å²) in [4.78, 5) is 0. The van der Waals surface area contributed by atoms with Gasteiger partial charge in [-0.3, -0.25) is 0 Å². The molecule has 0 aromatic heterocycles. The summed E-state index contributed by atoms with van der Waals surface area (Å²) in [5.74, 6) is 0.882. The summed E-state index contributed by atoms with van der Waals surface area (Å²) in [5.41, 5.74) is 3.42. The van der Waals surface area contributed by atoms with Gasteiger partial charge in [-0.05, 0) is 23.3 Å². The van der Waals surface area contributed by atoms with Crippen molar-refractivity contribution in [2.45, 2.75) is 0 Å². The Morgan fingerprint density at radius 2 is 1.25 bits per heavy atom. The van der Waals surface area contributed by atoms with Crippen LogP contribution in [0.4, 0.5) is 0 Å². The van der Waals surface area contributed by atoms with Gasteiger partial charge in [-0.2, -0.15) is 24.6 Å². The maximum Gasteiger partial charge on any atom is 0.118 e. The molecule has 0 fully saturated rings. The Morgan fingerprint density at radius 1 is 0.812 bits per heavy atom. The smallest absolute Gasteiger partial charge is 0.118 e. The molecule has 2 heteroatoms. The van der Waals surface area contributed by atoms with Gasteiger partial charge in [0.05, 0.1) is 7.11 Å². The van der Waals surface area contributed by atoms with Crippen LogP contribution in [0, 0.1) is 6.92 Å². The molecule has 1 nitrogen and oxygen atoms in total. The molecule has 0 aliphatic carbocycles. The third-order valence-electron chi connectivity index (χ3n) is 2.38. The summed E-state index contributed by atoms with van der Waals surface area (Å²) in [6.07, 6.45) is 0. The van der Waals surface area contributed by atoms with E-state index in [9.17, 15) is 0 Å². The third kappa shape index (κ3) is 2.90. The van der Waals surface area contributed by atoms with Gasteiger partial charge in [-0.15, -0.1) is 12.1 Å². The van der Waals surface area contributed by atoms with Crippen LogP contribution in [0.2, 0.25) is 0 Å². The Bertz CT molecular complexity index is 431. The average Bonchev–Trinajstić information content (AvgIpc) is 2.30. The topological polar surface area (TPSA) is 9.23 Å². The molecule has 0 saturated heterocycles. The summed E-state index contributed by atoms with van der Waals surface area (Å²) in [7, 11) is 1.67. The van der Waals surface area contributed by atoms with Crippen molar-refractivity contribution in [3.63, 3.8) is 0 Å². The predicted molar refractivity (Wildman–Crippen MR) is 62.9 cm³/mol. The van der Waals surface area contributed by atoms with E-state index >= 15 is 0 Å². The van der Waals surface area contributed by atoms with Crippen molar-refractivity contribution in [1.29, 1.82) is 0 Å². The summed E-state index contributed by atoms with van der Waals surface area (Å²) < 4.78 is 5.11. The minimum Gasteiger partial charge on any atom is -0.497 e. The van der Waals surface area contributed by atoms with E-state index in [1.54, 1.807) is 7.11 Å². The molecule has 0 saturated carbocycles. The molecule has 0 unspecified atom stereocenters. The Kier molecular flexibility index (Phi) is 4.64. The average molecular weight is 381 g/mol. The first-order chi connectivity index (χ1) is 7.29. The van der Waals surface area contributed by atoms with Crippen LogP contribution in [0.25, 0.3) is 11.1 Å². The van der Waals surface area contributed by atoms with Gasteiger partial charge < -0.3 is 4.74 Å². The second kappa shape index (κ2) is 5.77. The van der Waals surface area contributed by atoms with E-state index in [0.717, 1.165) is 11.3 Å². The normalized spacial score (nSPS) is 9.31. The van der Waals surface area contributed by atoms with Gasteiger partial charge in [-0.1, -0.05) is 12.1 Å². The molecule has 2 rings (SSSR count). The Balaban J connectivity index is 0.00000128. The van der Waals surface area contributed by atoms with Gasteiger partial charge in [-0.25, -0.2) is 0 Å². The zero-order valence-corrected chi connectivity index (χ0v) is 12.1. The predicted octanol–water partition coefficient (Wildman–Crippen LogP) is 3.54. The van der Waals surface area contributed by atoms with Crippen LogP contribution in [0.5, 0.6) is 5.75 Å². The number of benzene rings is 2. The van der Waals surface area contributed by atoms with Crippen LogP contribution in [-0.2, 0) is 21.1 Å². The number of hydrogen-bond donors (Lipinski definition) is 0. The molecule has 0 heterocycles. The molecule has 0 atom stereocenters. The second-order valence-corrected chi connectivity index (χ2v) is 3.43. The molecule has 0 bridgehead atoms. The van der Waals surface area contributed by atoms with E-state index in [-0.39, 0.29) is 21.1 Å². The Labute approximate surface area is 111 Å². The van der Waals surface area contributed by atoms with E-state index in [4.69, 9.17) is 4.74 Å². The molecule has 0 aliphatic heterocycles. The van der Waals surface area contributed by atoms with Gasteiger partial charge >= 0.3 is 0 Å². The SMILES string of the molecule is [CH2-]c1ccc(-c2ccc(OC)cc2)cc1.[W]. The van der Waals surface area contributed by atoms with Crippen LogP contribution in [0.1, 0.15) is 5.56 Å². The zero-order valence-electron chi connectivity index (χ0n) is 9.14. The molecular formula is C14H13OW-. The van der Waals surface area contributed by atoms with Gasteiger partial charge in [0.1, 0.15) is 5.75 Å². The molecular weight excluding hydrogens is 368 g/mol. The van der Waals surface area contributed by atoms with E-state index in [0.29, 0.717) is 0 Å². The van der Waals surface area contributed by atoms with Crippen LogP contribution >= 0.6 is 0 Å². The van der Waals surface area contributed by atoms with E-state index in [1.807, 2.05) is 24.3 Å². The van der Waals surface area contributed by atoms with Crippen LogP contribution < -0.4 is 4.74 Å². The van der Waals surface area contributed by atoms with Crippen molar-refractivity contribution in [2.75, 3.05) is 7.11 Å². The molecule has 0 amide bonds. The number of ether oxygens (including phenoxy) is 1. The fourth-order valence-corrected chi connectivity index (χ4v) is 1.48. The molecule has 2 aromatic carbocycles. The molecule has 0 radical (unpaired) electrons. The van der Waals surface area contributed by atoms with Crippen molar-refractivity contribution in [2.24, 2.45) is 0 Å². The summed E-state index contributed by atoms with van der Waals surface area (Å²) >= 11 is 0. The van der Waals surface area contributed by atoms with Crippen molar-refractivity contribution in [1.82, 2.24) is 0 Å². The monoisotopic (exact) mass is 381 g/mol. The van der Waals surface area contributed by atoms with Crippen molar-refractivity contribution in [3.05, 3.63) is 61.0 Å². The van der Waals surface area contributed by atoms with E-state index in [1.165, 1.54) is 11.1 Å². The van der Waals surface area contributed by atoms with E-state index in [2.05, 4.69) is 31.2 Å². The molecule has 82 valence electrons.